The lowest BCUT2D eigenvalue weighted by Crippen LogP contribution is -2.31. The van der Waals surface area contributed by atoms with E-state index in [2.05, 4.69) is 26.1 Å². The number of primary amides is 1. The van der Waals surface area contributed by atoms with Crippen molar-refractivity contribution in [1.82, 2.24) is 5.32 Å². The van der Waals surface area contributed by atoms with Gasteiger partial charge in [0.2, 0.25) is 5.91 Å². The van der Waals surface area contributed by atoms with Crippen LogP contribution in [0.4, 0.5) is 0 Å². The molecular weight excluding hydrogens is 164 g/mol. The molecule has 1 unspecified atom stereocenters. The van der Waals surface area contributed by atoms with Crippen molar-refractivity contribution in [2.75, 3.05) is 6.54 Å². The molecule has 0 saturated carbocycles. The van der Waals surface area contributed by atoms with Gasteiger partial charge in [-0.2, -0.15) is 0 Å². The number of nitrogens with two attached hydrogens (primary N) is 1. The zero-order chi connectivity index (χ0) is 10.3. The van der Waals surface area contributed by atoms with Crippen LogP contribution in [0.3, 0.4) is 0 Å². The third kappa shape index (κ3) is 7.78. The Bertz CT molecular complexity index is 146. The molecule has 3 nitrogen and oxygen atoms in total. The highest BCUT2D eigenvalue weighted by Crippen LogP contribution is 2.00. The van der Waals surface area contributed by atoms with Crippen LogP contribution in [0, 0.1) is 5.92 Å². The highest BCUT2D eigenvalue weighted by Gasteiger charge is 2.04. The number of amides is 1. The maximum atomic E-state index is 10.4. The Balaban J connectivity index is 3.21. The second-order valence-electron chi connectivity index (χ2n) is 3.91. The van der Waals surface area contributed by atoms with Gasteiger partial charge < -0.3 is 11.1 Å². The zero-order valence-electron chi connectivity index (χ0n) is 8.97. The molecule has 78 valence electrons. The van der Waals surface area contributed by atoms with Crippen LogP contribution < -0.4 is 11.1 Å². The van der Waals surface area contributed by atoms with Gasteiger partial charge in [0.1, 0.15) is 0 Å². The van der Waals surface area contributed by atoms with Crippen LogP contribution in [-0.2, 0) is 4.79 Å². The molecule has 0 aromatic carbocycles. The standard InChI is InChI=1S/C10H22N2O/c1-8(2)9(3)12-7-5-4-6-10(11)13/h8-9,12H,4-7H2,1-3H3,(H2,11,13). The first-order valence-corrected chi connectivity index (χ1v) is 5.05. The maximum Gasteiger partial charge on any atom is 0.217 e. The molecule has 0 heterocycles. The topological polar surface area (TPSA) is 55.1 Å². The normalized spacial score (nSPS) is 13.2. The van der Waals surface area contributed by atoms with Gasteiger partial charge in [-0.15, -0.1) is 0 Å². The Morgan fingerprint density at radius 3 is 2.38 bits per heavy atom. The van der Waals surface area contributed by atoms with Gasteiger partial charge in [0.25, 0.3) is 0 Å². The molecule has 0 aliphatic rings. The smallest absolute Gasteiger partial charge is 0.217 e. The van der Waals surface area contributed by atoms with Gasteiger partial charge in [0, 0.05) is 12.5 Å². The molecular formula is C10H22N2O. The summed E-state index contributed by atoms with van der Waals surface area (Å²) >= 11 is 0. The maximum absolute atomic E-state index is 10.4. The van der Waals surface area contributed by atoms with E-state index in [1.807, 2.05) is 0 Å². The minimum Gasteiger partial charge on any atom is -0.370 e. The van der Waals surface area contributed by atoms with Crippen LogP contribution in [0.15, 0.2) is 0 Å². The number of nitrogens with one attached hydrogen (secondary N) is 1. The summed E-state index contributed by atoms with van der Waals surface area (Å²) in [6.07, 6.45) is 2.44. The summed E-state index contributed by atoms with van der Waals surface area (Å²) in [5.41, 5.74) is 5.02. The molecule has 0 aromatic rings. The average molecular weight is 186 g/mol. The van der Waals surface area contributed by atoms with Gasteiger partial charge >= 0.3 is 0 Å². The summed E-state index contributed by atoms with van der Waals surface area (Å²) < 4.78 is 0. The van der Waals surface area contributed by atoms with Crippen LogP contribution in [0.5, 0.6) is 0 Å². The third-order valence-electron chi connectivity index (χ3n) is 2.32. The van der Waals surface area contributed by atoms with E-state index in [0.29, 0.717) is 18.4 Å². The largest absolute Gasteiger partial charge is 0.370 e. The van der Waals surface area contributed by atoms with Gasteiger partial charge in [0.15, 0.2) is 0 Å². The molecule has 0 fully saturated rings. The fourth-order valence-corrected chi connectivity index (χ4v) is 0.990. The minimum absolute atomic E-state index is 0.197. The Morgan fingerprint density at radius 1 is 1.31 bits per heavy atom. The summed E-state index contributed by atoms with van der Waals surface area (Å²) in [7, 11) is 0. The summed E-state index contributed by atoms with van der Waals surface area (Å²) in [6.45, 7) is 7.55. The van der Waals surface area contributed by atoms with Crippen LogP contribution in [0.25, 0.3) is 0 Å². The first-order chi connectivity index (χ1) is 6.04. The van der Waals surface area contributed by atoms with Crippen LogP contribution in [0.2, 0.25) is 0 Å². The molecule has 0 aliphatic carbocycles. The van der Waals surface area contributed by atoms with E-state index in [-0.39, 0.29) is 5.91 Å². The van der Waals surface area contributed by atoms with Gasteiger partial charge in [-0.25, -0.2) is 0 Å². The number of carbonyl (C=O) groups is 1. The van der Waals surface area contributed by atoms with E-state index >= 15 is 0 Å². The van der Waals surface area contributed by atoms with Crippen LogP contribution in [-0.4, -0.2) is 18.5 Å². The summed E-state index contributed by atoms with van der Waals surface area (Å²) in [5.74, 6) is 0.466. The molecule has 0 spiro atoms. The van der Waals surface area contributed by atoms with Crippen molar-refractivity contribution in [3.8, 4) is 0 Å². The van der Waals surface area contributed by atoms with E-state index in [4.69, 9.17) is 5.73 Å². The number of hydrogen-bond donors (Lipinski definition) is 2. The quantitative estimate of drug-likeness (QED) is 0.588. The third-order valence-corrected chi connectivity index (χ3v) is 2.32. The highest BCUT2D eigenvalue weighted by atomic mass is 16.1. The monoisotopic (exact) mass is 186 g/mol. The van der Waals surface area contributed by atoms with Crippen molar-refractivity contribution in [2.24, 2.45) is 11.7 Å². The van der Waals surface area contributed by atoms with Crippen molar-refractivity contribution in [3.63, 3.8) is 0 Å². The Hall–Kier alpha value is -0.570. The molecule has 0 rings (SSSR count). The van der Waals surface area contributed by atoms with E-state index in [1.165, 1.54) is 0 Å². The molecule has 0 saturated heterocycles. The molecule has 3 heteroatoms. The zero-order valence-corrected chi connectivity index (χ0v) is 8.97. The number of hydrogen-bond acceptors (Lipinski definition) is 2. The van der Waals surface area contributed by atoms with E-state index < -0.39 is 0 Å². The molecule has 0 bridgehead atoms. The molecule has 0 radical (unpaired) electrons. The number of carbonyl (C=O) groups excluding carboxylic acids is 1. The van der Waals surface area contributed by atoms with Crippen molar-refractivity contribution >= 4 is 5.91 Å². The molecule has 3 N–H and O–H groups in total. The van der Waals surface area contributed by atoms with Gasteiger partial charge in [-0.05, 0) is 32.2 Å². The summed E-state index contributed by atoms with van der Waals surface area (Å²) in [6, 6.07) is 0.550. The van der Waals surface area contributed by atoms with Crippen molar-refractivity contribution in [3.05, 3.63) is 0 Å². The molecule has 1 amide bonds. The van der Waals surface area contributed by atoms with Crippen molar-refractivity contribution in [2.45, 2.75) is 46.1 Å². The van der Waals surface area contributed by atoms with Gasteiger partial charge in [-0.3, -0.25) is 4.79 Å². The average Bonchev–Trinajstić information content (AvgIpc) is 2.02. The summed E-state index contributed by atoms with van der Waals surface area (Å²) in [4.78, 5) is 10.4. The van der Waals surface area contributed by atoms with E-state index in [9.17, 15) is 4.79 Å². The Labute approximate surface area is 81.1 Å². The highest BCUT2D eigenvalue weighted by molar-refractivity contribution is 5.73. The lowest BCUT2D eigenvalue weighted by Gasteiger charge is -2.16. The molecule has 0 aliphatic heterocycles. The number of unbranched alkanes of at least 4 members (excludes halogenated alkanes) is 1. The SMILES string of the molecule is CC(C)C(C)NCCCCC(N)=O. The fraction of sp³-hybridized carbons (Fsp3) is 0.900. The Morgan fingerprint density at radius 2 is 1.92 bits per heavy atom. The van der Waals surface area contributed by atoms with Crippen molar-refractivity contribution in [1.29, 1.82) is 0 Å². The molecule has 13 heavy (non-hydrogen) atoms. The Kier molecular flexibility index (Phi) is 6.59. The predicted octanol–water partition coefficient (Wildman–Crippen LogP) is 1.28. The van der Waals surface area contributed by atoms with Gasteiger partial charge in [0.05, 0.1) is 0 Å². The summed E-state index contributed by atoms with van der Waals surface area (Å²) in [5, 5.41) is 3.40. The van der Waals surface area contributed by atoms with Crippen LogP contribution in [0.1, 0.15) is 40.0 Å². The first-order valence-electron chi connectivity index (χ1n) is 5.05. The van der Waals surface area contributed by atoms with E-state index in [1.54, 1.807) is 0 Å². The van der Waals surface area contributed by atoms with Gasteiger partial charge in [-0.1, -0.05) is 13.8 Å². The second kappa shape index (κ2) is 6.89. The number of rotatable bonds is 7. The first kappa shape index (κ1) is 12.4. The van der Waals surface area contributed by atoms with Crippen molar-refractivity contribution < 1.29 is 4.79 Å². The molecule has 0 aromatic heterocycles. The second-order valence-corrected chi connectivity index (χ2v) is 3.91. The lowest BCUT2D eigenvalue weighted by atomic mass is 10.1. The van der Waals surface area contributed by atoms with Crippen LogP contribution >= 0.6 is 0 Å². The van der Waals surface area contributed by atoms with E-state index in [0.717, 1.165) is 19.4 Å². The fourth-order valence-electron chi connectivity index (χ4n) is 0.990. The predicted molar refractivity (Wildman–Crippen MR) is 55.3 cm³/mol. The minimum atomic E-state index is -0.197. The lowest BCUT2D eigenvalue weighted by molar-refractivity contribution is -0.118. The molecule has 1 atom stereocenters.